The zero-order valence-corrected chi connectivity index (χ0v) is 7.37. The Morgan fingerprint density at radius 1 is 1.58 bits per heavy atom. The lowest BCUT2D eigenvalue weighted by atomic mass is 10.2. The second-order valence-electron chi connectivity index (χ2n) is 2.72. The molecule has 0 spiro atoms. The minimum Gasteiger partial charge on any atom is -0.348 e. The van der Waals surface area contributed by atoms with Crippen LogP contribution in [0.4, 0.5) is 8.78 Å². The van der Waals surface area contributed by atoms with Crippen molar-refractivity contribution >= 4 is 17.7 Å². The van der Waals surface area contributed by atoms with Crippen molar-refractivity contribution in [2.75, 3.05) is 11.5 Å². The zero-order valence-electron chi connectivity index (χ0n) is 6.56. The van der Waals surface area contributed by atoms with Crippen LogP contribution in [-0.2, 0) is 4.79 Å². The predicted molar refractivity (Wildman–Crippen MR) is 44.5 cm³/mol. The van der Waals surface area contributed by atoms with E-state index in [0.717, 1.165) is 24.3 Å². The molecule has 1 atom stereocenters. The van der Waals surface area contributed by atoms with Crippen LogP contribution in [0.25, 0.3) is 0 Å². The SMILES string of the molecule is O=C(NC1CCCSC1)C(F)F. The fourth-order valence-electron chi connectivity index (χ4n) is 1.12. The van der Waals surface area contributed by atoms with Crippen molar-refractivity contribution in [2.45, 2.75) is 25.3 Å². The third kappa shape index (κ3) is 2.97. The molecule has 1 aliphatic rings. The molecule has 70 valence electrons. The summed E-state index contributed by atoms with van der Waals surface area (Å²) in [4.78, 5) is 10.5. The summed E-state index contributed by atoms with van der Waals surface area (Å²) in [6.45, 7) is 0. The van der Waals surface area contributed by atoms with Crippen LogP contribution in [0.15, 0.2) is 0 Å². The third-order valence-corrected chi connectivity index (χ3v) is 2.92. The highest BCUT2D eigenvalue weighted by Gasteiger charge is 2.21. The molecule has 2 nitrogen and oxygen atoms in total. The molecule has 1 fully saturated rings. The monoisotopic (exact) mass is 195 g/mol. The lowest BCUT2D eigenvalue weighted by Gasteiger charge is -2.22. The lowest BCUT2D eigenvalue weighted by Crippen LogP contribution is -2.41. The van der Waals surface area contributed by atoms with Crippen LogP contribution in [0.3, 0.4) is 0 Å². The van der Waals surface area contributed by atoms with Crippen LogP contribution in [0, 0.1) is 0 Å². The summed E-state index contributed by atoms with van der Waals surface area (Å²) in [5.41, 5.74) is 0. The molecule has 1 heterocycles. The van der Waals surface area contributed by atoms with Crippen molar-refractivity contribution in [1.82, 2.24) is 5.32 Å². The van der Waals surface area contributed by atoms with Gasteiger partial charge in [0, 0.05) is 11.8 Å². The summed E-state index contributed by atoms with van der Waals surface area (Å²) < 4.78 is 23.5. The largest absolute Gasteiger partial charge is 0.348 e. The Hall–Kier alpha value is -0.320. The van der Waals surface area contributed by atoms with E-state index in [1.54, 1.807) is 11.8 Å². The number of nitrogens with one attached hydrogen (secondary N) is 1. The van der Waals surface area contributed by atoms with Gasteiger partial charge in [-0.3, -0.25) is 4.79 Å². The molecule has 0 aromatic heterocycles. The minimum atomic E-state index is -2.88. The molecule has 0 aromatic carbocycles. The van der Waals surface area contributed by atoms with Crippen LogP contribution in [0.2, 0.25) is 0 Å². The maximum absolute atomic E-state index is 11.8. The van der Waals surface area contributed by atoms with Crippen molar-refractivity contribution in [1.29, 1.82) is 0 Å². The van der Waals surface area contributed by atoms with Gasteiger partial charge in [0.25, 0.3) is 5.91 Å². The van der Waals surface area contributed by atoms with E-state index in [4.69, 9.17) is 0 Å². The van der Waals surface area contributed by atoms with E-state index < -0.39 is 12.3 Å². The van der Waals surface area contributed by atoms with E-state index in [9.17, 15) is 13.6 Å². The van der Waals surface area contributed by atoms with Crippen LogP contribution in [0.1, 0.15) is 12.8 Å². The maximum Gasteiger partial charge on any atom is 0.315 e. The molecule has 0 aliphatic carbocycles. The quantitative estimate of drug-likeness (QED) is 0.718. The van der Waals surface area contributed by atoms with E-state index in [1.807, 2.05) is 0 Å². The Morgan fingerprint density at radius 3 is 2.83 bits per heavy atom. The standard InChI is InChI=1S/C7H11F2NOS/c8-6(9)7(11)10-5-2-1-3-12-4-5/h5-6H,1-4H2,(H,10,11). The highest BCUT2D eigenvalue weighted by molar-refractivity contribution is 7.99. The van der Waals surface area contributed by atoms with Gasteiger partial charge in [0.1, 0.15) is 0 Å². The van der Waals surface area contributed by atoms with Crippen molar-refractivity contribution < 1.29 is 13.6 Å². The summed E-state index contributed by atoms with van der Waals surface area (Å²) >= 11 is 1.70. The molecule has 12 heavy (non-hydrogen) atoms. The molecule has 1 saturated heterocycles. The van der Waals surface area contributed by atoms with Crippen LogP contribution in [-0.4, -0.2) is 29.9 Å². The van der Waals surface area contributed by atoms with Gasteiger partial charge in [-0.15, -0.1) is 0 Å². The molecule has 5 heteroatoms. The van der Waals surface area contributed by atoms with Gasteiger partial charge in [-0.1, -0.05) is 0 Å². The molecule has 0 bridgehead atoms. The number of alkyl halides is 2. The second kappa shape index (κ2) is 4.64. The number of rotatable bonds is 2. The average Bonchev–Trinajstić information content (AvgIpc) is 2.06. The second-order valence-corrected chi connectivity index (χ2v) is 3.87. The lowest BCUT2D eigenvalue weighted by molar-refractivity contribution is -0.132. The Kier molecular flexibility index (Phi) is 3.78. The number of hydrogen-bond acceptors (Lipinski definition) is 2. The number of thioether (sulfide) groups is 1. The van der Waals surface area contributed by atoms with Gasteiger partial charge >= 0.3 is 6.43 Å². The van der Waals surface area contributed by atoms with E-state index in [0.29, 0.717) is 0 Å². The topological polar surface area (TPSA) is 29.1 Å². The summed E-state index contributed by atoms with van der Waals surface area (Å²) in [5.74, 6) is 0.696. The Morgan fingerprint density at radius 2 is 2.33 bits per heavy atom. The van der Waals surface area contributed by atoms with E-state index in [2.05, 4.69) is 5.32 Å². The first-order chi connectivity index (χ1) is 5.70. The highest BCUT2D eigenvalue weighted by atomic mass is 32.2. The summed E-state index contributed by atoms with van der Waals surface area (Å²) in [6, 6.07) is -0.0507. The molecule has 0 saturated carbocycles. The molecule has 1 unspecified atom stereocenters. The average molecular weight is 195 g/mol. The van der Waals surface area contributed by atoms with Crippen LogP contribution in [0.5, 0.6) is 0 Å². The summed E-state index contributed by atoms with van der Waals surface area (Å²) in [7, 11) is 0. The van der Waals surface area contributed by atoms with E-state index >= 15 is 0 Å². The summed E-state index contributed by atoms with van der Waals surface area (Å²) in [6.07, 6.45) is -1.05. The third-order valence-electron chi connectivity index (χ3n) is 1.70. The Bertz CT molecular complexity index is 159. The molecular weight excluding hydrogens is 184 g/mol. The van der Waals surface area contributed by atoms with Crippen molar-refractivity contribution in [2.24, 2.45) is 0 Å². The molecule has 1 rings (SSSR count). The number of carbonyl (C=O) groups is 1. The Balaban J connectivity index is 2.24. The molecule has 0 aromatic rings. The van der Waals surface area contributed by atoms with Gasteiger partial charge in [-0.25, -0.2) is 0 Å². The fourth-order valence-corrected chi connectivity index (χ4v) is 2.19. The van der Waals surface area contributed by atoms with Crippen molar-refractivity contribution in [3.05, 3.63) is 0 Å². The van der Waals surface area contributed by atoms with Gasteiger partial charge < -0.3 is 5.32 Å². The normalized spacial score (nSPS) is 24.1. The van der Waals surface area contributed by atoms with Crippen LogP contribution >= 0.6 is 11.8 Å². The van der Waals surface area contributed by atoms with Gasteiger partial charge in [-0.05, 0) is 18.6 Å². The number of carbonyl (C=O) groups excluding carboxylic acids is 1. The van der Waals surface area contributed by atoms with Gasteiger partial charge in [-0.2, -0.15) is 20.5 Å². The van der Waals surface area contributed by atoms with Crippen LogP contribution < -0.4 is 5.32 Å². The summed E-state index contributed by atoms with van der Waals surface area (Å²) in [5, 5.41) is 2.31. The number of hydrogen-bond donors (Lipinski definition) is 1. The predicted octanol–water partition coefficient (Wildman–Crippen LogP) is 1.26. The number of amides is 1. The van der Waals surface area contributed by atoms with Crippen molar-refractivity contribution in [3.63, 3.8) is 0 Å². The van der Waals surface area contributed by atoms with Crippen molar-refractivity contribution in [3.8, 4) is 0 Å². The molecule has 1 N–H and O–H groups in total. The fraction of sp³-hybridized carbons (Fsp3) is 0.857. The first-order valence-corrected chi connectivity index (χ1v) is 5.02. The first-order valence-electron chi connectivity index (χ1n) is 3.86. The van der Waals surface area contributed by atoms with E-state index in [1.165, 1.54) is 0 Å². The maximum atomic E-state index is 11.8. The van der Waals surface area contributed by atoms with E-state index in [-0.39, 0.29) is 6.04 Å². The zero-order chi connectivity index (χ0) is 8.97. The molecule has 1 amide bonds. The van der Waals surface area contributed by atoms with Gasteiger partial charge in [0.15, 0.2) is 0 Å². The smallest absolute Gasteiger partial charge is 0.315 e. The molecular formula is C7H11F2NOS. The Labute approximate surface area is 74.1 Å². The van der Waals surface area contributed by atoms with Gasteiger partial charge in [0.2, 0.25) is 0 Å². The molecule has 1 aliphatic heterocycles. The van der Waals surface area contributed by atoms with Gasteiger partial charge in [0.05, 0.1) is 0 Å². The number of halogens is 2. The molecule has 0 radical (unpaired) electrons. The minimum absolute atomic E-state index is 0.0507. The highest BCUT2D eigenvalue weighted by Crippen LogP contribution is 2.16. The first kappa shape index (κ1) is 9.77.